The highest BCUT2D eigenvalue weighted by atomic mass is 32.1. The fourth-order valence-electron chi connectivity index (χ4n) is 1.59. The predicted octanol–water partition coefficient (Wildman–Crippen LogP) is 2.74. The average molecular weight is 222 g/mol. The van der Waals surface area contributed by atoms with Gasteiger partial charge < -0.3 is 9.73 Å². The molecule has 0 fully saturated rings. The van der Waals surface area contributed by atoms with Crippen molar-refractivity contribution in [3.63, 3.8) is 0 Å². The standard InChI is InChI=1S/C11H14N2OS/c1-3-12-10(9-4-5-14-6-9)11-8(2)13-7-15-11/h4-7,10,12H,3H2,1-2H3. The maximum absolute atomic E-state index is 5.12. The molecule has 1 atom stereocenters. The largest absolute Gasteiger partial charge is 0.472 e. The molecule has 0 spiro atoms. The van der Waals surface area contributed by atoms with Gasteiger partial charge in [0.25, 0.3) is 0 Å². The van der Waals surface area contributed by atoms with Crippen molar-refractivity contribution in [2.75, 3.05) is 6.54 Å². The van der Waals surface area contributed by atoms with Crippen LogP contribution in [0.3, 0.4) is 0 Å². The Hall–Kier alpha value is -1.13. The molecular weight excluding hydrogens is 208 g/mol. The van der Waals surface area contributed by atoms with Crippen LogP contribution < -0.4 is 5.32 Å². The van der Waals surface area contributed by atoms with Crippen molar-refractivity contribution < 1.29 is 4.42 Å². The minimum Gasteiger partial charge on any atom is -0.472 e. The van der Waals surface area contributed by atoms with E-state index in [0.29, 0.717) is 0 Å². The van der Waals surface area contributed by atoms with Gasteiger partial charge in [0.1, 0.15) is 0 Å². The van der Waals surface area contributed by atoms with Crippen LogP contribution in [0.2, 0.25) is 0 Å². The topological polar surface area (TPSA) is 38.1 Å². The number of aryl methyl sites for hydroxylation is 1. The normalized spacial score (nSPS) is 12.9. The van der Waals surface area contributed by atoms with E-state index in [0.717, 1.165) is 17.8 Å². The molecule has 0 aliphatic carbocycles. The Bertz CT molecular complexity index is 408. The minimum atomic E-state index is 0.209. The molecule has 0 aliphatic heterocycles. The van der Waals surface area contributed by atoms with Gasteiger partial charge in [-0.05, 0) is 19.5 Å². The predicted molar refractivity (Wildman–Crippen MR) is 61.1 cm³/mol. The number of nitrogens with one attached hydrogen (secondary N) is 1. The van der Waals surface area contributed by atoms with E-state index in [9.17, 15) is 0 Å². The quantitative estimate of drug-likeness (QED) is 0.864. The Morgan fingerprint density at radius 3 is 3.00 bits per heavy atom. The second kappa shape index (κ2) is 4.59. The van der Waals surface area contributed by atoms with Gasteiger partial charge in [-0.3, -0.25) is 0 Å². The molecule has 2 aromatic rings. The number of hydrogen-bond donors (Lipinski definition) is 1. The number of nitrogens with zero attached hydrogens (tertiary/aromatic N) is 1. The van der Waals surface area contributed by atoms with E-state index in [1.807, 2.05) is 18.5 Å². The molecule has 0 aromatic carbocycles. The molecule has 4 heteroatoms. The number of thiazole rings is 1. The summed E-state index contributed by atoms with van der Waals surface area (Å²) >= 11 is 1.68. The lowest BCUT2D eigenvalue weighted by molar-refractivity contribution is 0.554. The van der Waals surface area contributed by atoms with Crippen molar-refractivity contribution in [1.82, 2.24) is 10.3 Å². The first-order valence-corrected chi connectivity index (χ1v) is 5.86. The highest BCUT2D eigenvalue weighted by Crippen LogP contribution is 2.27. The van der Waals surface area contributed by atoms with Crippen LogP contribution in [0.1, 0.15) is 29.1 Å². The van der Waals surface area contributed by atoms with Crippen LogP contribution in [0.4, 0.5) is 0 Å². The zero-order valence-electron chi connectivity index (χ0n) is 8.86. The van der Waals surface area contributed by atoms with Crippen LogP contribution >= 0.6 is 11.3 Å². The second-order valence-electron chi connectivity index (χ2n) is 3.35. The van der Waals surface area contributed by atoms with Gasteiger partial charge in [0, 0.05) is 10.4 Å². The first-order valence-electron chi connectivity index (χ1n) is 4.98. The third kappa shape index (κ3) is 2.11. The number of aromatic nitrogens is 1. The Kier molecular flexibility index (Phi) is 3.18. The van der Waals surface area contributed by atoms with Gasteiger partial charge in [-0.2, -0.15) is 0 Å². The molecule has 2 aromatic heterocycles. The van der Waals surface area contributed by atoms with Gasteiger partial charge in [-0.1, -0.05) is 6.92 Å². The Balaban J connectivity index is 2.32. The SMILES string of the molecule is CCNC(c1ccoc1)c1scnc1C. The van der Waals surface area contributed by atoms with Crippen molar-refractivity contribution in [2.45, 2.75) is 19.9 Å². The number of hydrogen-bond acceptors (Lipinski definition) is 4. The Labute approximate surface area is 93.2 Å². The van der Waals surface area contributed by atoms with E-state index in [1.54, 1.807) is 23.9 Å². The summed E-state index contributed by atoms with van der Waals surface area (Å²) in [5, 5.41) is 3.44. The third-order valence-corrected chi connectivity index (χ3v) is 3.33. The van der Waals surface area contributed by atoms with E-state index >= 15 is 0 Å². The summed E-state index contributed by atoms with van der Waals surface area (Å²) in [6.07, 6.45) is 3.49. The molecular formula is C11H14N2OS. The molecule has 1 N–H and O–H groups in total. The molecule has 0 amide bonds. The zero-order valence-corrected chi connectivity index (χ0v) is 9.67. The van der Waals surface area contributed by atoms with Crippen molar-refractivity contribution >= 4 is 11.3 Å². The van der Waals surface area contributed by atoms with Gasteiger partial charge in [0.15, 0.2) is 0 Å². The summed E-state index contributed by atoms with van der Waals surface area (Å²) in [6.45, 7) is 5.06. The van der Waals surface area contributed by atoms with E-state index < -0.39 is 0 Å². The van der Waals surface area contributed by atoms with Crippen molar-refractivity contribution in [3.05, 3.63) is 40.2 Å². The molecule has 1 unspecified atom stereocenters. The van der Waals surface area contributed by atoms with Crippen LogP contribution in [0.15, 0.2) is 28.5 Å². The van der Waals surface area contributed by atoms with Gasteiger partial charge in [-0.15, -0.1) is 11.3 Å². The Morgan fingerprint density at radius 1 is 1.60 bits per heavy atom. The third-order valence-electron chi connectivity index (χ3n) is 2.33. The van der Waals surface area contributed by atoms with E-state index in [1.165, 1.54) is 4.88 Å². The second-order valence-corrected chi connectivity index (χ2v) is 4.24. The van der Waals surface area contributed by atoms with E-state index in [4.69, 9.17) is 4.42 Å². The van der Waals surface area contributed by atoms with Gasteiger partial charge >= 0.3 is 0 Å². The van der Waals surface area contributed by atoms with Crippen molar-refractivity contribution in [1.29, 1.82) is 0 Å². The van der Waals surface area contributed by atoms with Crippen LogP contribution in [-0.4, -0.2) is 11.5 Å². The molecule has 0 bridgehead atoms. The summed E-state index contributed by atoms with van der Waals surface area (Å²) in [7, 11) is 0. The van der Waals surface area contributed by atoms with Crippen molar-refractivity contribution in [2.24, 2.45) is 0 Å². The first kappa shape index (κ1) is 10.4. The van der Waals surface area contributed by atoms with Crippen LogP contribution in [0.5, 0.6) is 0 Å². The maximum atomic E-state index is 5.12. The first-order chi connectivity index (χ1) is 7.33. The highest BCUT2D eigenvalue weighted by molar-refractivity contribution is 7.09. The van der Waals surface area contributed by atoms with Gasteiger partial charge in [0.05, 0.1) is 29.8 Å². The number of furan rings is 1. The van der Waals surface area contributed by atoms with Crippen molar-refractivity contribution in [3.8, 4) is 0 Å². The smallest absolute Gasteiger partial charge is 0.0954 e. The molecule has 0 radical (unpaired) electrons. The molecule has 0 saturated carbocycles. The lowest BCUT2D eigenvalue weighted by atomic mass is 10.1. The summed E-state index contributed by atoms with van der Waals surface area (Å²) in [5.41, 5.74) is 4.13. The van der Waals surface area contributed by atoms with Gasteiger partial charge in [0.2, 0.25) is 0 Å². The average Bonchev–Trinajstić information content (AvgIpc) is 2.85. The Morgan fingerprint density at radius 2 is 2.47 bits per heavy atom. The zero-order chi connectivity index (χ0) is 10.7. The summed E-state index contributed by atoms with van der Waals surface area (Å²) < 4.78 is 5.12. The van der Waals surface area contributed by atoms with E-state index in [-0.39, 0.29) is 6.04 Å². The minimum absolute atomic E-state index is 0.209. The van der Waals surface area contributed by atoms with Crippen LogP contribution in [0, 0.1) is 6.92 Å². The highest BCUT2D eigenvalue weighted by Gasteiger charge is 2.17. The summed E-state index contributed by atoms with van der Waals surface area (Å²) in [6, 6.07) is 2.20. The maximum Gasteiger partial charge on any atom is 0.0954 e. The fourth-order valence-corrected chi connectivity index (χ4v) is 2.50. The van der Waals surface area contributed by atoms with E-state index in [2.05, 4.69) is 17.2 Å². The van der Waals surface area contributed by atoms with Gasteiger partial charge in [-0.25, -0.2) is 4.98 Å². The lowest BCUT2D eigenvalue weighted by Crippen LogP contribution is -2.21. The molecule has 15 heavy (non-hydrogen) atoms. The molecule has 0 saturated heterocycles. The monoisotopic (exact) mass is 222 g/mol. The molecule has 2 rings (SSSR count). The summed E-state index contributed by atoms with van der Waals surface area (Å²) in [5.74, 6) is 0. The molecule has 0 aliphatic rings. The molecule has 3 nitrogen and oxygen atoms in total. The number of rotatable bonds is 4. The fraction of sp³-hybridized carbons (Fsp3) is 0.364. The van der Waals surface area contributed by atoms with Crippen LogP contribution in [-0.2, 0) is 0 Å². The lowest BCUT2D eigenvalue weighted by Gasteiger charge is -2.14. The summed E-state index contributed by atoms with van der Waals surface area (Å²) in [4.78, 5) is 5.54. The van der Waals surface area contributed by atoms with Crippen LogP contribution in [0.25, 0.3) is 0 Å². The molecule has 80 valence electrons. The molecule has 2 heterocycles.